The number of hydrogen-bond acceptors (Lipinski definition) is 9. The maximum Gasteiger partial charge on any atom is 0.335 e. The number of aryl methyl sites for hydroxylation is 1. The number of hydrogen-bond donors (Lipinski definition) is 0. The second-order valence-electron chi connectivity index (χ2n) is 10.3. The van der Waals surface area contributed by atoms with Crippen LogP contribution in [0.3, 0.4) is 0 Å². The van der Waals surface area contributed by atoms with Crippen LogP contribution in [0.15, 0.2) is 140 Å². The van der Waals surface area contributed by atoms with E-state index in [0.717, 1.165) is 64.4 Å². The van der Waals surface area contributed by atoms with Gasteiger partial charge >= 0.3 is 11.6 Å². The molecule has 0 spiro atoms. The fourth-order valence-electron chi connectivity index (χ4n) is 4.80. The highest BCUT2D eigenvalue weighted by Gasteiger charge is 2.06. The molecule has 0 fully saturated rings. The Morgan fingerprint density at radius 1 is 0.522 bits per heavy atom. The number of rotatable bonds is 12. The summed E-state index contributed by atoms with van der Waals surface area (Å²) in [4.78, 5) is 2.30. The summed E-state index contributed by atoms with van der Waals surface area (Å²) in [5.41, 5.74) is 7.22. The molecule has 0 aliphatic carbocycles. The number of nitrogens with zero attached hydrogens (tertiary/aromatic N) is 7. The van der Waals surface area contributed by atoms with Gasteiger partial charge in [0.1, 0.15) is 0 Å². The van der Waals surface area contributed by atoms with E-state index in [0.29, 0.717) is 0 Å². The highest BCUT2D eigenvalue weighted by Crippen LogP contribution is 2.35. The Kier molecular flexibility index (Phi) is 13.1. The Labute approximate surface area is 273 Å². The van der Waals surface area contributed by atoms with Gasteiger partial charge in [-0.25, -0.2) is 0 Å². The van der Waals surface area contributed by atoms with Crippen LogP contribution in [-0.2, 0) is 18.0 Å². The van der Waals surface area contributed by atoms with Crippen molar-refractivity contribution in [1.29, 1.82) is 0 Å². The van der Waals surface area contributed by atoms with E-state index in [2.05, 4.69) is 80.6 Å². The molecule has 234 valence electrons. The van der Waals surface area contributed by atoms with Gasteiger partial charge in [0.05, 0.1) is 34.1 Å². The average Bonchev–Trinajstić information content (AvgIpc) is 3.10. The molecule has 10 heteroatoms. The van der Waals surface area contributed by atoms with Crippen LogP contribution >= 0.6 is 0 Å². The van der Waals surface area contributed by atoms with Crippen LogP contribution in [0, 0.1) is 0 Å². The van der Waals surface area contributed by atoms with Crippen molar-refractivity contribution in [2.24, 2.45) is 30.7 Å². The fourth-order valence-corrected chi connectivity index (χ4v) is 4.80. The maximum absolute atomic E-state index is 8.29. The van der Waals surface area contributed by atoms with Crippen molar-refractivity contribution in [3.63, 3.8) is 0 Å². The minimum absolute atomic E-state index is 0.736. The van der Waals surface area contributed by atoms with Crippen molar-refractivity contribution in [1.82, 2.24) is 0 Å². The summed E-state index contributed by atoms with van der Waals surface area (Å²) in [6.07, 6.45) is 3.49. The average molecular weight is 632 g/mol. The number of unbranched alkanes of at least 4 members (excludes halogenated alkanes) is 1. The summed E-state index contributed by atoms with van der Waals surface area (Å²) in [6.45, 7) is 8.46. The predicted octanol–water partition coefficient (Wildman–Crippen LogP) is 11.6. The molecular formula is C36H37N7O2S. The monoisotopic (exact) mass is 631 g/mol. The smallest absolute Gasteiger partial charge is 0.335 e. The molecule has 0 aromatic heterocycles. The molecule has 0 heterocycles. The molecule has 0 amide bonds. The van der Waals surface area contributed by atoms with Crippen LogP contribution in [0.5, 0.6) is 0 Å². The topological polar surface area (TPSA) is 112 Å². The van der Waals surface area contributed by atoms with Gasteiger partial charge in [-0.05, 0) is 105 Å². The molecule has 0 saturated heterocycles. The van der Waals surface area contributed by atoms with Crippen molar-refractivity contribution in [3.8, 4) is 0 Å². The second kappa shape index (κ2) is 17.9. The zero-order chi connectivity index (χ0) is 32.6. The number of fused-ring (bicyclic) bond motifs is 1. The van der Waals surface area contributed by atoms with Crippen molar-refractivity contribution >= 4 is 62.2 Å². The highest BCUT2D eigenvalue weighted by molar-refractivity contribution is 7.51. The summed E-state index contributed by atoms with van der Waals surface area (Å²) in [5.74, 6) is 0. The predicted molar refractivity (Wildman–Crippen MR) is 187 cm³/mol. The third-order valence-electron chi connectivity index (χ3n) is 7.29. The fraction of sp³-hybridized carbons (Fsp3) is 0.222. The zero-order valence-electron chi connectivity index (χ0n) is 26.3. The van der Waals surface area contributed by atoms with Crippen molar-refractivity contribution in [2.45, 2.75) is 40.0 Å². The molecule has 0 N–H and O–H groups in total. The normalized spacial score (nSPS) is 11.3. The molecule has 0 aliphatic heterocycles. The largest absolute Gasteiger partial charge is 0.372 e. The molecule has 0 atom stereocenters. The molecule has 0 aliphatic rings. The van der Waals surface area contributed by atoms with E-state index in [1.54, 1.807) is 0 Å². The lowest BCUT2D eigenvalue weighted by Gasteiger charge is -2.20. The van der Waals surface area contributed by atoms with Gasteiger partial charge in [-0.2, -0.15) is 28.9 Å². The first-order chi connectivity index (χ1) is 22.6. The Balaban J connectivity index is 0.00000154. The van der Waals surface area contributed by atoms with Crippen LogP contribution in [0.1, 0.15) is 39.2 Å². The first-order valence-electron chi connectivity index (χ1n) is 15.3. The van der Waals surface area contributed by atoms with Crippen molar-refractivity contribution < 1.29 is 8.42 Å². The van der Waals surface area contributed by atoms with Crippen molar-refractivity contribution in [2.75, 3.05) is 18.0 Å². The molecule has 0 bridgehead atoms. The number of anilines is 1. The SMILES string of the molecule is CCCCc1ccc(N=Nc2ccc(N=Nc3ccc(N=Nc4ccc(N(CC)CC)cc4)c4ccccc34)cc2)cc1.O=S=O. The van der Waals surface area contributed by atoms with Crippen LogP contribution in [-0.4, -0.2) is 21.5 Å². The van der Waals surface area contributed by atoms with Gasteiger partial charge in [-0.15, -0.1) is 10.2 Å². The van der Waals surface area contributed by atoms with E-state index in [-0.39, 0.29) is 0 Å². The van der Waals surface area contributed by atoms with E-state index >= 15 is 0 Å². The number of benzene rings is 5. The van der Waals surface area contributed by atoms with Gasteiger partial charge in [0.15, 0.2) is 0 Å². The van der Waals surface area contributed by atoms with Crippen LogP contribution in [0.2, 0.25) is 0 Å². The van der Waals surface area contributed by atoms with E-state index < -0.39 is 11.6 Å². The molecule has 0 saturated carbocycles. The third kappa shape index (κ3) is 9.64. The van der Waals surface area contributed by atoms with Gasteiger partial charge < -0.3 is 4.90 Å². The first-order valence-corrected chi connectivity index (χ1v) is 16.0. The lowest BCUT2D eigenvalue weighted by molar-refractivity contribution is 0.630. The van der Waals surface area contributed by atoms with E-state index in [1.807, 2.05) is 84.9 Å². The quantitative estimate of drug-likeness (QED) is 0.128. The van der Waals surface area contributed by atoms with Gasteiger partial charge in [0.2, 0.25) is 0 Å². The van der Waals surface area contributed by atoms with Crippen LogP contribution < -0.4 is 4.90 Å². The first kappa shape index (κ1) is 33.7. The van der Waals surface area contributed by atoms with Gasteiger partial charge in [-0.1, -0.05) is 49.7 Å². The van der Waals surface area contributed by atoms with Gasteiger partial charge in [0, 0.05) is 29.5 Å². The van der Waals surface area contributed by atoms with Crippen molar-refractivity contribution in [3.05, 3.63) is 115 Å². The van der Waals surface area contributed by atoms with Gasteiger partial charge in [-0.3, -0.25) is 0 Å². The molecule has 9 nitrogen and oxygen atoms in total. The molecule has 0 radical (unpaired) electrons. The molecular weight excluding hydrogens is 595 g/mol. The summed E-state index contributed by atoms with van der Waals surface area (Å²) in [6, 6.07) is 35.9. The Morgan fingerprint density at radius 2 is 0.913 bits per heavy atom. The minimum Gasteiger partial charge on any atom is -0.372 e. The molecule has 0 unspecified atom stereocenters. The summed E-state index contributed by atoms with van der Waals surface area (Å²) < 4.78 is 16.6. The lowest BCUT2D eigenvalue weighted by atomic mass is 10.1. The van der Waals surface area contributed by atoms with Crippen LogP contribution in [0.4, 0.5) is 39.8 Å². The molecule has 46 heavy (non-hydrogen) atoms. The molecule has 5 aromatic rings. The molecule has 5 rings (SSSR count). The van der Waals surface area contributed by atoms with Crippen LogP contribution in [0.25, 0.3) is 10.8 Å². The lowest BCUT2D eigenvalue weighted by Crippen LogP contribution is -2.21. The Hall–Kier alpha value is -5.22. The third-order valence-corrected chi connectivity index (χ3v) is 7.29. The summed E-state index contributed by atoms with van der Waals surface area (Å²) in [5, 5.41) is 28.8. The summed E-state index contributed by atoms with van der Waals surface area (Å²) >= 11 is -0.750. The second-order valence-corrected chi connectivity index (χ2v) is 10.4. The zero-order valence-corrected chi connectivity index (χ0v) is 27.1. The van der Waals surface area contributed by atoms with E-state index in [1.165, 1.54) is 24.1 Å². The minimum atomic E-state index is -0.750. The summed E-state index contributed by atoms with van der Waals surface area (Å²) in [7, 11) is 0. The maximum atomic E-state index is 8.29. The Bertz CT molecular complexity index is 1810. The Morgan fingerprint density at radius 3 is 1.33 bits per heavy atom. The van der Waals surface area contributed by atoms with E-state index in [4.69, 9.17) is 8.42 Å². The standard InChI is InChI=1S/C36H37N7.O2S/c1-4-7-10-27-13-15-28(16-14-27)37-38-29-17-19-30(20-18-29)39-41-35-25-26-36(34-12-9-8-11-33(34)35)42-40-31-21-23-32(24-22-31)43(5-2)6-3;1-3-2/h8-9,11-26H,4-7,10H2,1-3H3;. The number of azo groups is 3. The highest BCUT2D eigenvalue weighted by atomic mass is 32.1. The van der Waals surface area contributed by atoms with Gasteiger partial charge in [0.25, 0.3) is 0 Å². The van der Waals surface area contributed by atoms with E-state index in [9.17, 15) is 0 Å². The molecule has 5 aromatic carbocycles.